The lowest BCUT2D eigenvalue weighted by Gasteiger charge is -2.07. The van der Waals surface area contributed by atoms with Crippen molar-refractivity contribution < 1.29 is 0 Å². The largest absolute Gasteiger partial charge is 0.294 e. The van der Waals surface area contributed by atoms with Gasteiger partial charge in [0, 0.05) is 0 Å². The van der Waals surface area contributed by atoms with Crippen LogP contribution < -0.4 is 11.0 Å². The van der Waals surface area contributed by atoms with Gasteiger partial charge in [0.2, 0.25) is 0 Å². The van der Waals surface area contributed by atoms with Crippen molar-refractivity contribution in [3.05, 3.63) is 70.8 Å². The fourth-order valence-corrected chi connectivity index (χ4v) is 2.07. The van der Waals surface area contributed by atoms with Crippen molar-refractivity contribution in [3.63, 3.8) is 0 Å². The lowest BCUT2D eigenvalue weighted by atomic mass is 9.95. The molecule has 0 saturated carbocycles. The number of nitrogens with zero attached hydrogens (tertiary/aromatic N) is 2. The molecule has 0 spiro atoms. The summed E-state index contributed by atoms with van der Waals surface area (Å²) in [7, 11) is 5.69. The molecule has 4 heteroatoms. The third-order valence-electron chi connectivity index (χ3n) is 3.05. The Morgan fingerprint density at radius 1 is 1.11 bits per heavy atom. The molecule has 0 N–H and O–H groups in total. The normalized spacial score (nSPS) is 10.7. The second kappa shape index (κ2) is 4.73. The van der Waals surface area contributed by atoms with Gasteiger partial charge in [-0.1, -0.05) is 41.9 Å². The molecule has 0 aliphatic carbocycles. The molecule has 0 fully saturated rings. The Morgan fingerprint density at radius 2 is 1.89 bits per heavy atom. The van der Waals surface area contributed by atoms with Crippen LogP contribution in [0.1, 0.15) is 5.56 Å². The highest BCUT2D eigenvalue weighted by molar-refractivity contribution is 6.33. The average molecular weight is 246 g/mol. The lowest BCUT2D eigenvalue weighted by Crippen LogP contribution is -2.21. The predicted octanol–water partition coefficient (Wildman–Crippen LogP) is 1.24. The van der Waals surface area contributed by atoms with Crippen LogP contribution in [0, 0.1) is 0 Å². The van der Waals surface area contributed by atoms with E-state index < -0.39 is 0 Å². The van der Waals surface area contributed by atoms with E-state index in [0.717, 1.165) is 5.56 Å². The first-order chi connectivity index (χ1) is 9.24. The van der Waals surface area contributed by atoms with E-state index in [9.17, 15) is 4.79 Å². The van der Waals surface area contributed by atoms with Crippen molar-refractivity contribution in [2.75, 3.05) is 0 Å². The Balaban J connectivity index is 2.08. The van der Waals surface area contributed by atoms with E-state index in [1.54, 1.807) is 29.1 Å². The summed E-state index contributed by atoms with van der Waals surface area (Å²) >= 11 is 0. The van der Waals surface area contributed by atoms with Gasteiger partial charge in [0.05, 0.1) is 23.8 Å². The van der Waals surface area contributed by atoms with Gasteiger partial charge < -0.3 is 0 Å². The van der Waals surface area contributed by atoms with Crippen LogP contribution in [0.4, 0.5) is 0 Å². The Kier molecular flexibility index (Phi) is 2.92. The van der Waals surface area contributed by atoms with Gasteiger partial charge in [-0.25, -0.2) is 4.98 Å². The molecule has 0 bridgehead atoms. The molecule has 3 aromatic rings. The molecule has 2 radical (unpaired) electrons. The van der Waals surface area contributed by atoms with Crippen LogP contribution in [0.15, 0.2) is 59.7 Å². The van der Waals surface area contributed by atoms with Gasteiger partial charge in [-0.05, 0) is 17.7 Å². The van der Waals surface area contributed by atoms with Crippen LogP contribution in [0.5, 0.6) is 0 Å². The highest BCUT2D eigenvalue weighted by Gasteiger charge is 2.04. The first-order valence-corrected chi connectivity index (χ1v) is 6.02. The maximum atomic E-state index is 12.3. The van der Waals surface area contributed by atoms with Crippen molar-refractivity contribution in [2.24, 2.45) is 0 Å². The van der Waals surface area contributed by atoms with Gasteiger partial charge in [0.1, 0.15) is 7.85 Å². The zero-order valence-electron chi connectivity index (χ0n) is 10.3. The quantitative estimate of drug-likeness (QED) is 0.637. The molecule has 1 aromatic heterocycles. The second-order valence-electron chi connectivity index (χ2n) is 4.44. The average Bonchev–Trinajstić information content (AvgIpc) is 2.43. The van der Waals surface area contributed by atoms with Crippen molar-refractivity contribution in [1.29, 1.82) is 0 Å². The summed E-state index contributed by atoms with van der Waals surface area (Å²) in [6.45, 7) is 0.521. The van der Waals surface area contributed by atoms with E-state index in [-0.39, 0.29) is 5.56 Å². The Labute approximate surface area is 111 Å². The van der Waals surface area contributed by atoms with Crippen molar-refractivity contribution in [3.8, 4) is 0 Å². The molecule has 90 valence electrons. The molecule has 0 atom stereocenters. The molecule has 0 amide bonds. The Bertz CT molecular complexity index is 781. The molecule has 3 rings (SSSR count). The zero-order valence-corrected chi connectivity index (χ0v) is 10.3. The third-order valence-corrected chi connectivity index (χ3v) is 3.05. The molecule has 2 aromatic carbocycles. The number of aromatic nitrogens is 2. The summed E-state index contributed by atoms with van der Waals surface area (Å²) in [6.07, 6.45) is 1.57. The topological polar surface area (TPSA) is 34.9 Å². The second-order valence-corrected chi connectivity index (χ2v) is 4.44. The minimum atomic E-state index is -0.0474. The summed E-state index contributed by atoms with van der Waals surface area (Å²) in [5, 5.41) is 0.590. The van der Waals surface area contributed by atoms with E-state index in [1.165, 1.54) is 0 Å². The molecular formula is C15H11BN2O. The molecule has 0 aliphatic heterocycles. The molecule has 19 heavy (non-hydrogen) atoms. The highest BCUT2D eigenvalue weighted by Crippen LogP contribution is 2.05. The summed E-state index contributed by atoms with van der Waals surface area (Å²) in [5.41, 5.74) is 2.27. The van der Waals surface area contributed by atoms with Gasteiger partial charge in [-0.3, -0.25) is 9.36 Å². The number of benzene rings is 2. The van der Waals surface area contributed by atoms with Crippen molar-refractivity contribution >= 4 is 24.2 Å². The first kappa shape index (κ1) is 11.7. The van der Waals surface area contributed by atoms with Crippen LogP contribution in [0.2, 0.25) is 0 Å². The first-order valence-electron chi connectivity index (χ1n) is 6.02. The Morgan fingerprint density at radius 3 is 2.68 bits per heavy atom. The maximum absolute atomic E-state index is 12.3. The van der Waals surface area contributed by atoms with Gasteiger partial charge in [-0.15, -0.1) is 0 Å². The molecular weight excluding hydrogens is 235 g/mol. The highest BCUT2D eigenvalue weighted by atomic mass is 16.1. The van der Waals surface area contributed by atoms with Gasteiger partial charge in [0.15, 0.2) is 0 Å². The molecule has 0 saturated heterocycles. The Hall–Kier alpha value is -2.36. The van der Waals surface area contributed by atoms with Crippen LogP contribution in [0.25, 0.3) is 10.9 Å². The van der Waals surface area contributed by atoms with Crippen molar-refractivity contribution in [2.45, 2.75) is 6.54 Å². The van der Waals surface area contributed by atoms with E-state index in [4.69, 9.17) is 7.85 Å². The summed E-state index contributed by atoms with van der Waals surface area (Å²) in [4.78, 5) is 16.6. The van der Waals surface area contributed by atoms with Gasteiger partial charge in [-0.2, -0.15) is 0 Å². The smallest absolute Gasteiger partial charge is 0.261 e. The van der Waals surface area contributed by atoms with Crippen LogP contribution >= 0.6 is 0 Å². The van der Waals surface area contributed by atoms with Crippen LogP contribution in [0.3, 0.4) is 0 Å². The monoisotopic (exact) mass is 246 g/mol. The van der Waals surface area contributed by atoms with Gasteiger partial charge in [0.25, 0.3) is 5.56 Å². The minimum Gasteiger partial charge on any atom is -0.294 e. The number of rotatable bonds is 2. The maximum Gasteiger partial charge on any atom is 0.261 e. The summed E-state index contributed by atoms with van der Waals surface area (Å²) in [6, 6.07) is 15.0. The van der Waals surface area contributed by atoms with E-state index in [1.807, 2.05) is 30.3 Å². The van der Waals surface area contributed by atoms with Crippen molar-refractivity contribution in [1.82, 2.24) is 9.55 Å². The standard InChI is InChI=1S/C15H11BN2O/c16-12-6-7-13-14(8-12)17-10-18(15(13)19)9-11-4-2-1-3-5-11/h1-8,10H,9H2. The fraction of sp³-hybridized carbons (Fsp3) is 0.0667. The molecule has 3 nitrogen and oxygen atoms in total. The van der Waals surface area contributed by atoms with E-state index >= 15 is 0 Å². The number of hydrogen-bond donors (Lipinski definition) is 0. The SMILES string of the molecule is [B]c1ccc2c(=O)n(Cc3ccccc3)cnc2c1. The lowest BCUT2D eigenvalue weighted by molar-refractivity contribution is 0.748. The van der Waals surface area contributed by atoms with Gasteiger partial charge >= 0.3 is 0 Å². The van der Waals surface area contributed by atoms with E-state index in [2.05, 4.69) is 4.98 Å². The summed E-state index contributed by atoms with van der Waals surface area (Å²) in [5.74, 6) is 0. The number of hydrogen-bond acceptors (Lipinski definition) is 2. The minimum absolute atomic E-state index is 0.0474. The van der Waals surface area contributed by atoms with Crippen LogP contribution in [-0.4, -0.2) is 17.4 Å². The predicted molar refractivity (Wildman–Crippen MR) is 76.9 cm³/mol. The molecule has 0 unspecified atom stereocenters. The number of fused-ring (bicyclic) bond motifs is 1. The third kappa shape index (κ3) is 2.29. The molecule has 0 aliphatic rings. The fourth-order valence-electron chi connectivity index (χ4n) is 2.07. The zero-order chi connectivity index (χ0) is 13.2. The van der Waals surface area contributed by atoms with E-state index in [0.29, 0.717) is 22.9 Å². The summed E-state index contributed by atoms with van der Waals surface area (Å²) < 4.78 is 1.61. The molecule has 1 heterocycles. The van der Waals surface area contributed by atoms with Crippen LogP contribution in [-0.2, 0) is 6.54 Å².